The molecule has 1 saturated carbocycles. The van der Waals surface area contributed by atoms with Gasteiger partial charge >= 0.3 is 5.97 Å². The molecule has 144 valence electrons. The number of aliphatic hydroxyl groups is 1. The maximum Gasteiger partial charge on any atom is 0.335 e. The van der Waals surface area contributed by atoms with Crippen molar-refractivity contribution in [2.75, 3.05) is 6.61 Å². The molecule has 0 radical (unpaired) electrons. The van der Waals surface area contributed by atoms with Crippen LogP contribution in [0.15, 0.2) is 23.3 Å². The number of esters is 1. The second-order valence-corrected chi connectivity index (χ2v) is 9.46. The third-order valence-electron chi connectivity index (χ3n) is 7.27. The summed E-state index contributed by atoms with van der Waals surface area (Å²) in [7, 11) is 0. The van der Waals surface area contributed by atoms with E-state index >= 15 is 0 Å². The Morgan fingerprint density at radius 2 is 2.08 bits per heavy atom. The number of hydrogen-bond acceptors (Lipinski definition) is 4. The SMILES string of the molecule is C=C(C)C(C)CCC1(C)C(Cl)C(O)CC2(C)C3=C(COC3=O)C(=O)CC21. The summed E-state index contributed by atoms with van der Waals surface area (Å²) in [4.78, 5) is 25.1. The van der Waals surface area contributed by atoms with Crippen molar-refractivity contribution in [1.29, 1.82) is 0 Å². The summed E-state index contributed by atoms with van der Waals surface area (Å²) >= 11 is 6.73. The molecule has 1 fully saturated rings. The number of alkyl halides is 1. The van der Waals surface area contributed by atoms with Crippen LogP contribution < -0.4 is 0 Å². The molecule has 1 aliphatic heterocycles. The molecule has 3 rings (SSSR count). The normalized spacial score (nSPS) is 40.8. The second kappa shape index (κ2) is 6.49. The zero-order valence-corrected chi connectivity index (χ0v) is 16.9. The number of rotatable bonds is 4. The van der Waals surface area contributed by atoms with Crippen LogP contribution in [0.2, 0.25) is 0 Å². The van der Waals surface area contributed by atoms with E-state index in [0.29, 0.717) is 29.9 Å². The van der Waals surface area contributed by atoms with Crippen molar-refractivity contribution in [3.05, 3.63) is 23.3 Å². The van der Waals surface area contributed by atoms with Gasteiger partial charge in [0.15, 0.2) is 5.78 Å². The van der Waals surface area contributed by atoms with E-state index in [-0.39, 0.29) is 18.3 Å². The lowest BCUT2D eigenvalue weighted by atomic mass is 9.48. The van der Waals surface area contributed by atoms with E-state index in [1.807, 2.05) is 13.8 Å². The number of cyclic esters (lactones) is 1. The fraction of sp³-hybridized carbons (Fsp3) is 0.714. The Kier molecular flexibility index (Phi) is 4.90. The summed E-state index contributed by atoms with van der Waals surface area (Å²) in [5, 5.41) is 10.3. The molecule has 26 heavy (non-hydrogen) atoms. The van der Waals surface area contributed by atoms with Gasteiger partial charge in [-0.25, -0.2) is 4.79 Å². The molecule has 6 unspecified atom stereocenters. The molecule has 0 spiro atoms. The highest BCUT2D eigenvalue weighted by Gasteiger charge is 2.62. The predicted molar refractivity (Wildman–Crippen MR) is 101 cm³/mol. The van der Waals surface area contributed by atoms with Gasteiger partial charge in [0.05, 0.1) is 17.1 Å². The Morgan fingerprint density at radius 1 is 1.42 bits per heavy atom. The number of carbonyl (C=O) groups is 2. The Hall–Kier alpha value is -1.13. The van der Waals surface area contributed by atoms with Crippen molar-refractivity contribution < 1.29 is 19.4 Å². The number of allylic oxidation sites excluding steroid dienone is 1. The summed E-state index contributed by atoms with van der Waals surface area (Å²) in [5.41, 5.74) is 1.08. The van der Waals surface area contributed by atoms with Gasteiger partial charge in [-0.2, -0.15) is 0 Å². The lowest BCUT2D eigenvalue weighted by molar-refractivity contribution is -0.140. The number of fused-ring (bicyclic) bond motifs is 2. The molecule has 0 aromatic heterocycles. The van der Waals surface area contributed by atoms with Crippen LogP contribution in [0.1, 0.15) is 53.4 Å². The standard InChI is InChI=1S/C21H29ClO4/c1-11(2)12(3)6-7-20(4)16-8-14(23)13-10-26-19(25)17(13)21(16,5)9-15(24)18(20)22/h12,15-16,18,24H,1,6-10H2,2-5H3. The lowest BCUT2D eigenvalue weighted by Crippen LogP contribution is -2.58. The number of aliphatic hydroxyl groups excluding tert-OH is 1. The number of ketones is 1. The van der Waals surface area contributed by atoms with Crippen LogP contribution in [0.5, 0.6) is 0 Å². The van der Waals surface area contributed by atoms with Gasteiger partial charge in [0.2, 0.25) is 0 Å². The molecule has 0 aromatic rings. The maximum absolute atomic E-state index is 12.7. The summed E-state index contributed by atoms with van der Waals surface area (Å²) in [6.07, 6.45) is 1.69. The van der Waals surface area contributed by atoms with Crippen LogP contribution in [0.3, 0.4) is 0 Å². The van der Waals surface area contributed by atoms with Crippen molar-refractivity contribution in [2.24, 2.45) is 22.7 Å². The van der Waals surface area contributed by atoms with E-state index in [1.54, 1.807) is 0 Å². The highest BCUT2D eigenvalue weighted by molar-refractivity contribution is 6.21. The quantitative estimate of drug-likeness (QED) is 0.457. The molecular weight excluding hydrogens is 352 g/mol. The Labute approximate surface area is 160 Å². The lowest BCUT2D eigenvalue weighted by Gasteiger charge is -2.58. The van der Waals surface area contributed by atoms with E-state index < -0.39 is 28.3 Å². The maximum atomic E-state index is 12.7. The molecule has 1 heterocycles. The third kappa shape index (κ3) is 2.77. The first kappa shape index (κ1) is 19.6. The largest absolute Gasteiger partial charge is 0.457 e. The smallest absolute Gasteiger partial charge is 0.335 e. The minimum atomic E-state index is -0.724. The third-order valence-corrected chi connectivity index (χ3v) is 8.06. The van der Waals surface area contributed by atoms with Crippen LogP contribution in [-0.2, 0) is 14.3 Å². The number of carbonyl (C=O) groups excluding carboxylic acids is 2. The van der Waals surface area contributed by atoms with Crippen LogP contribution in [-0.4, -0.2) is 34.9 Å². The zero-order valence-electron chi connectivity index (χ0n) is 16.1. The number of hydrogen-bond donors (Lipinski definition) is 1. The van der Waals surface area contributed by atoms with Crippen LogP contribution in [0.4, 0.5) is 0 Å². The first-order valence-corrected chi connectivity index (χ1v) is 9.87. The topological polar surface area (TPSA) is 63.6 Å². The average Bonchev–Trinajstić information content (AvgIpc) is 2.97. The molecule has 6 atom stereocenters. The summed E-state index contributed by atoms with van der Waals surface area (Å²) in [6.45, 7) is 12.3. The molecule has 2 aliphatic carbocycles. The van der Waals surface area contributed by atoms with Gasteiger partial charge < -0.3 is 9.84 Å². The Morgan fingerprint density at radius 3 is 2.69 bits per heavy atom. The highest BCUT2D eigenvalue weighted by atomic mass is 35.5. The van der Waals surface area contributed by atoms with Gasteiger partial charge in [0, 0.05) is 17.4 Å². The zero-order chi connectivity index (χ0) is 19.4. The molecular formula is C21H29ClO4. The van der Waals surface area contributed by atoms with Gasteiger partial charge in [-0.05, 0) is 43.4 Å². The van der Waals surface area contributed by atoms with Crippen molar-refractivity contribution in [3.8, 4) is 0 Å². The first-order valence-electron chi connectivity index (χ1n) is 9.44. The van der Waals surface area contributed by atoms with Gasteiger partial charge in [-0.1, -0.05) is 32.9 Å². The molecule has 0 aromatic carbocycles. The molecule has 0 bridgehead atoms. The number of halogens is 1. The Bertz CT molecular complexity index is 696. The van der Waals surface area contributed by atoms with E-state index in [9.17, 15) is 14.7 Å². The second-order valence-electron chi connectivity index (χ2n) is 8.99. The molecule has 3 aliphatic rings. The van der Waals surface area contributed by atoms with Crippen molar-refractivity contribution in [2.45, 2.75) is 64.9 Å². The highest BCUT2D eigenvalue weighted by Crippen LogP contribution is 2.62. The van der Waals surface area contributed by atoms with Crippen molar-refractivity contribution in [1.82, 2.24) is 0 Å². The number of Topliss-reactive ketones (excluding diaryl/α,β-unsaturated/α-hetero) is 1. The minimum absolute atomic E-state index is 0.00671. The van der Waals surface area contributed by atoms with E-state index in [1.165, 1.54) is 0 Å². The molecule has 0 amide bonds. The summed E-state index contributed by atoms with van der Waals surface area (Å²) in [6, 6.07) is 0. The average molecular weight is 381 g/mol. The van der Waals surface area contributed by atoms with Crippen LogP contribution in [0.25, 0.3) is 0 Å². The van der Waals surface area contributed by atoms with Crippen molar-refractivity contribution >= 4 is 23.4 Å². The monoisotopic (exact) mass is 380 g/mol. The van der Waals surface area contributed by atoms with Crippen LogP contribution in [0, 0.1) is 22.7 Å². The van der Waals surface area contributed by atoms with Crippen molar-refractivity contribution in [3.63, 3.8) is 0 Å². The molecule has 1 N–H and O–H groups in total. The molecule has 4 nitrogen and oxygen atoms in total. The van der Waals surface area contributed by atoms with Crippen LogP contribution >= 0.6 is 11.6 Å². The predicted octanol–water partition coefficient (Wildman–Crippen LogP) is 3.81. The van der Waals surface area contributed by atoms with Gasteiger partial charge in [-0.3, -0.25) is 4.79 Å². The minimum Gasteiger partial charge on any atom is -0.457 e. The Balaban J connectivity index is 2.02. The van der Waals surface area contributed by atoms with Gasteiger partial charge in [0.25, 0.3) is 0 Å². The molecule has 0 saturated heterocycles. The van der Waals surface area contributed by atoms with E-state index in [4.69, 9.17) is 16.3 Å². The fourth-order valence-corrected chi connectivity index (χ4v) is 5.72. The fourth-order valence-electron chi connectivity index (χ4n) is 5.37. The van der Waals surface area contributed by atoms with E-state index in [2.05, 4.69) is 20.4 Å². The first-order chi connectivity index (χ1) is 12.0. The summed E-state index contributed by atoms with van der Waals surface area (Å²) in [5.74, 6) is -0.159. The van der Waals surface area contributed by atoms with Gasteiger partial charge in [-0.15, -0.1) is 11.6 Å². The number of ether oxygens (including phenoxy) is 1. The van der Waals surface area contributed by atoms with E-state index in [0.717, 1.165) is 18.4 Å². The molecule has 5 heteroatoms. The van der Waals surface area contributed by atoms with Gasteiger partial charge in [0.1, 0.15) is 6.61 Å². The summed E-state index contributed by atoms with van der Waals surface area (Å²) < 4.78 is 5.18.